The van der Waals surface area contributed by atoms with Crippen molar-refractivity contribution in [3.05, 3.63) is 10.9 Å². The van der Waals surface area contributed by atoms with E-state index in [0.717, 1.165) is 40.6 Å². The van der Waals surface area contributed by atoms with E-state index in [0.29, 0.717) is 24.4 Å². The summed E-state index contributed by atoms with van der Waals surface area (Å²) in [4.78, 5) is 35.2. The molecular formula is C18H21N3O3S2. The zero-order valence-corrected chi connectivity index (χ0v) is 16.1. The molecule has 6 nitrogen and oxygen atoms in total. The molecule has 0 aromatic carbocycles. The summed E-state index contributed by atoms with van der Waals surface area (Å²) in [5, 5.41) is 10.8. The highest BCUT2D eigenvalue weighted by Gasteiger charge is 2.55. The third-order valence-electron chi connectivity index (χ3n) is 6.25. The van der Waals surface area contributed by atoms with Crippen LogP contribution in [0.5, 0.6) is 0 Å². The number of carboxylic acid groups (broad SMARTS) is 1. The molecule has 1 aliphatic carbocycles. The van der Waals surface area contributed by atoms with Gasteiger partial charge in [-0.25, -0.2) is 4.98 Å². The summed E-state index contributed by atoms with van der Waals surface area (Å²) < 4.78 is 1.06. The normalized spacial score (nSPS) is 28.2. The number of amides is 1. The first-order chi connectivity index (χ1) is 12.6. The Morgan fingerprint density at radius 2 is 2.04 bits per heavy atom. The van der Waals surface area contributed by atoms with Crippen molar-refractivity contribution in [1.29, 1.82) is 0 Å². The molecule has 0 unspecified atom stereocenters. The largest absolute Gasteiger partial charge is 0.481 e. The van der Waals surface area contributed by atoms with Gasteiger partial charge < -0.3 is 14.9 Å². The zero-order valence-electron chi connectivity index (χ0n) is 14.4. The first-order valence-corrected chi connectivity index (χ1v) is 10.9. The lowest BCUT2D eigenvalue weighted by atomic mass is 9.81. The van der Waals surface area contributed by atoms with Crippen LogP contribution in [0.15, 0.2) is 6.07 Å². The highest BCUT2D eigenvalue weighted by molar-refractivity contribution is 7.29. The molecule has 0 radical (unpaired) electrons. The van der Waals surface area contributed by atoms with E-state index < -0.39 is 11.4 Å². The maximum absolute atomic E-state index is 13.0. The van der Waals surface area contributed by atoms with E-state index in [1.165, 1.54) is 24.2 Å². The van der Waals surface area contributed by atoms with Gasteiger partial charge in [-0.15, -0.1) is 11.3 Å². The predicted molar refractivity (Wildman–Crippen MR) is 102 cm³/mol. The van der Waals surface area contributed by atoms with Gasteiger partial charge in [0.1, 0.15) is 4.83 Å². The van der Waals surface area contributed by atoms with E-state index in [2.05, 4.69) is 4.90 Å². The van der Waals surface area contributed by atoms with E-state index in [4.69, 9.17) is 4.98 Å². The molecule has 2 aromatic rings. The van der Waals surface area contributed by atoms with Gasteiger partial charge in [0.2, 0.25) is 0 Å². The fraction of sp³-hybridized carbons (Fsp3) is 0.611. The molecule has 1 N–H and O–H groups in total. The lowest BCUT2D eigenvalue weighted by molar-refractivity contribution is -0.149. The van der Waals surface area contributed by atoms with Crippen molar-refractivity contribution in [1.82, 2.24) is 9.88 Å². The second-order valence-electron chi connectivity index (χ2n) is 7.71. The number of anilines is 1. The molecule has 4 heterocycles. The van der Waals surface area contributed by atoms with Crippen LogP contribution in [0.2, 0.25) is 0 Å². The number of hydrogen-bond acceptors (Lipinski definition) is 6. The molecule has 0 bridgehead atoms. The minimum atomic E-state index is -0.737. The number of aliphatic carboxylic acids is 1. The van der Waals surface area contributed by atoms with Crippen molar-refractivity contribution in [2.24, 2.45) is 11.3 Å². The third-order valence-corrected chi connectivity index (χ3v) is 8.46. The smallest absolute Gasteiger partial charge is 0.311 e. The number of thiophene rings is 1. The Hall–Kier alpha value is -1.67. The number of carboxylic acids is 1. The molecule has 1 amide bonds. The molecule has 2 aromatic heterocycles. The minimum Gasteiger partial charge on any atom is -0.481 e. The first kappa shape index (κ1) is 16.5. The molecule has 2 atom stereocenters. The molecule has 3 fully saturated rings. The van der Waals surface area contributed by atoms with Crippen molar-refractivity contribution in [3.8, 4) is 0 Å². The third kappa shape index (κ3) is 2.38. The average molecular weight is 392 g/mol. The molecule has 138 valence electrons. The van der Waals surface area contributed by atoms with Crippen LogP contribution in [-0.2, 0) is 4.79 Å². The second-order valence-corrected chi connectivity index (χ2v) is 9.75. The summed E-state index contributed by atoms with van der Waals surface area (Å²) in [6.07, 6.45) is 5.00. The first-order valence-electron chi connectivity index (χ1n) is 9.25. The van der Waals surface area contributed by atoms with E-state index in [1.54, 1.807) is 16.2 Å². The van der Waals surface area contributed by atoms with Crippen molar-refractivity contribution in [2.45, 2.75) is 32.1 Å². The maximum Gasteiger partial charge on any atom is 0.311 e. The zero-order chi connectivity index (χ0) is 17.9. The van der Waals surface area contributed by atoms with E-state index in [-0.39, 0.29) is 11.8 Å². The van der Waals surface area contributed by atoms with Gasteiger partial charge in [-0.3, -0.25) is 9.59 Å². The number of fused-ring (bicyclic) bond motifs is 2. The van der Waals surface area contributed by atoms with Gasteiger partial charge in [0.05, 0.1) is 15.0 Å². The average Bonchev–Trinajstić information content (AvgIpc) is 3.36. The summed E-state index contributed by atoms with van der Waals surface area (Å²) in [5.74, 6) is -0.665. The van der Waals surface area contributed by atoms with Crippen molar-refractivity contribution in [3.63, 3.8) is 0 Å². The number of carbonyl (C=O) groups is 2. The number of nitrogens with zero attached hydrogens (tertiary/aromatic N) is 3. The fourth-order valence-corrected chi connectivity index (χ4v) is 7.05. The minimum absolute atomic E-state index is 0.0297. The molecule has 8 heteroatoms. The van der Waals surface area contributed by atoms with Crippen LogP contribution >= 0.6 is 22.7 Å². The standard InChI is InChI=1S/C18H21N3O3S2/c22-15(21-9-11-4-3-5-18(11,10-21)16(23)24)13-8-12-14(25-13)19-17(26-12)20-6-1-2-7-20/h8,11H,1-7,9-10H2,(H,23,24)/t11-,18+/m0/s1. The fourth-order valence-electron chi connectivity index (χ4n) is 4.82. The second kappa shape index (κ2) is 5.92. The summed E-state index contributed by atoms with van der Waals surface area (Å²) in [6.45, 7) is 3.06. The lowest BCUT2D eigenvalue weighted by Crippen LogP contribution is -2.37. The Balaban J connectivity index is 1.37. The topological polar surface area (TPSA) is 73.7 Å². The Bertz CT molecular complexity index is 854. The van der Waals surface area contributed by atoms with Gasteiger partial charge in [0, 0.05) is 26.2 Å². The quantitative estimate of drug-likeness (QED) is 0.869. The molecule has 2 aliphatic heterocycles. The van der Waals surface area contributed by atoms with Gasteiger partial charge in [0.15, 0.2) is 5.13 Å². The number of thiazole rings is 1. The SMILES string of the molecule is O=C(c1cc2sc(N3CCCC3)nc2s1)N1C[C@@H]2CCC[C@@]2(C(=O)O)C1. The predicted octanol–water partition coefficient (Wildman–Crippen LogP) is 3.28. The van der Waals surface area contributed by atoms with Crippen molar-refractivity contribution >= 4 is 49.2 Å². The van der Waals surface area contributed by atoms with Gasteiger partial charge in [-0.2, -0.15) is 0 Å². The van der Waals surface area contributed by atoms with Crippen LogP contribution in [0.3, 0.4) is 0 Å². The summed E-state index contributed by atoms with van der Waals surface area (Å²) in [6, 6.07) is 1.95. The van der Waals surface area contributed by atoms with Crippen molar-refractivity contribution < 1.29 is 14.7 Å². The molecular weight excluding hydrogens is 370 g/mol. The molecule has 3 aliphatic rings. The number of rotatable bonds is 3. The summed E-state index contributed by atoms with van der Waals surface area (Å²) >= 11 is 3.10. The van der Waals surface area contributed by atoms with Crippen LogP contribution in [0.4, 0.5) is 5.13 Å². The van der Waals surface area contributed by atoms with Gasteiger partial charge in [0.25, 0.3) is 5.91 Å². The molecule has 26 heavy (non-hydrogen) atoms. The Morgan fingerprint density at radius 3 is 2.73 bits per heavy atom. The summed E-state index contributed by atoms with van der Waals surface area (Å²) in [7, 11) is 0. The highest BCUT2D eigenvalue weighted by Crippen LogP contribution is 2.49. The number of likely N-dealkylation sites (tertiary alicyclic amines) is 1. The Kier molecular flexibility index (Phi) is 3.76. The van der Waals surface area contributed by atoms with E-state index in [1.807, 2.05) is 6.07 Å². The van der Waals surface area contributed by atoms with E-state index >= 15 is 0 Å². The molecule has 1 saturated carbocycles. The van der Waals surface area contributed by atoms with Crippen LogP contribution in [0, 0.1) is 11.3 Å². The van der Waals surface area contributed by atoms with E-state index in [9.17, 15) is 14.7 Å². The van der Waals surface area contributed by atoms with Gasteiger partial charge >= 0.3 is 5.97 Å². The lowest BCUT2D eigenvalue weighted by Gasteiger charge is -2.23. The van der Waals surface area contributed by atoms with Gasteiger partial charge in [-0.05, 0) is 37.7 Å². The Morgan fingerprint density at radius 1 is 1.23 bits per heavy atom. The van der Waals surface area contributed by atoms with Crippen molar-refractivity contribution in [2.75, 3.05) is 31.1 Å². The highest BCUT2D eigenvalue weighted by atomic mass is 32.1. The van der Waals surface area contributed by atoms with Crippen LogP contribution in [-0.4, -0.2) is 53.0 Å². The maximum atomic E-state index is 13.0. The Labute approximate surface area is 159 Å². The number of carbonyl (C=O) groups excluding carboxylic acids is 1. The van der Waals surface area contributed by atoms with Crippen LogP contribution < -0.4 is 4.90 Å². The van der Waals surface area contributed by atoms with Crippen LogP contribution in [0.25, 0.3) is 9.53 Å². The monoisotopic (exact) mass is 391 g/mol. The molecule has 2 saturated heterocycles. The molecule has 5 rings (SSSR count). The van der Waals surface area contributed by atoms with Crippen LogP contribution in [0.1, 0.15) is 41.8 Å². The van der Waals surface area contributed by atoms with Gasteiger partial charge in [-0.1, -0.05) is 17.8 Å². The number of hydrogen-bond donors (Lipinski definition) is 1. The number of aromatic nitrogens is 1. The molecule has 0 spiro atoms. The summed E-state index contributed by atoms with van der Waals surface area (Å²) in [5.41, 5.74) is -0.717.